The van der Waals surface area contributed by atoms with Crippen LogP contribution in [0.2, 0.25) is 0 Å². The fraction of sp³-hybridized carbons (Fsp3) is 0.325. The number of carbonyl (C=O) groups excluding carboxylic acids is 3. The Morgan fingerprint density at radius 3 is 2.00 bits per heavy atom. The van der Waals surface area contributed by atoms with Crippen LogP contribution in [0.3, 0.4) is 0 Å². The number of nitrogens with zero attached hydrogens (tertiary/aromatic N) is 2. The maximum absolute atomic E-state index is 14.3. The predicted octanol–water partition coefficient (Wildman–Crippen LogP) is 8.63. The van der Waals surface area contributed by atoms with Crippen LogP contribution in [0.1, 0.15) is 59.3 Å². The molecule has 0 bridgehead atoms. The molecule has 2 heterocycles. The molecule has 6 rings (SSSR count). The molecule has 0 saturated carbocycles. The van der Waals surface area contributed by atoms with E-state index in [2.05, 4.69) is 5.32 Å². The van der Waals surface area contributed by atoms with E-state index in [0.717, 1.165) is 4.90 Å². The van der Waals surface area contributed by atoms with Crippen LogP contribution >= 0.6 is 0 Å². The first-order chi connectivity index (χ1) is 26.0. The second kappa shape index (κ2) is 15.3. The maximum Gasteiger partial charge on any atom is 0.416 e. The van der Waals surface area contributed by atoms with Gasteiger partial charge in [-0.25, -0.2) is 9.59 Å². The van der Waals surface area contributed by atoms with Crippen molar-refractivity contribution in [2.75, 3.05) is 20.3 Å². The standard InChI is InChI=1S/C40H37F6N3O6/c1-26(29-19-31(39(41,42)43)21-32(20-29)40(44,45)46)55-25-38(30-11-7-4-8-12-30)18-17-37(24-49(38)36(52)54-23-28-9-5-3-6-10-28)34(50)48(35(51)47-37)22-27-13-15-33(53-2)16-14-27/h3-16,19-21,26H,17-18,22-25H2,1-2H3,(H,47,51)/t26-,37?,38-/m1/s1. The summed E-state index contributed by atoms with van der Waals surface area (Å²) in [7, 11) is 1.51. The fourth-order valence-corrected chi connectivity index (χ4v) is 6.96. The van der Waals surface area contributed by atoms with Crippen LogP contribution < -0.4 is 10.1 Å². The van der Waals surface area contributed by atoms with E-state index in [1.165, 1.54) is 18.9 Å². The molecule has 290 valence electrons. The van der Waals surface area contributed by atoms with Crippen LogP contribution in [0.25, 0.3) is 0 Å². The number of ether oxygens (including phenoxy) is 3. The fourth-order valence-electron chi connectivity index (χ4n) is 6.96. The normalized spacial score (nSPS) is 20.7. The highest BCUT2D eigenvalue weighted by atomic mass is 19.4. The molecule has 9 nitrogen and oxygen atoms in total. The molecule has 0 aliphatic carbocycles. The molecule has 4 aromatic carbocycles. The number of hydrogen-bond acceptors (Lipinski definition) is 6. The van der Waals surface area contributed by atoms with Gasteiger partial charge in [-0.1, -0.05) is 72.8 Å². The number of nitrogens with one attached hydrogen (secondary N) is 1. The molecule has 1 spiro atoms. The molecule has 2 aliphatic heterocycles. The number of carbonyl (C=O) groups is 3. The van der Waals surface area contributed by atoms with E-state index in [0.29, 0.717) is 34.6 Å². The van der Waals surface area contributed by atoms with Crippen LogP contribution in [0.5, 0.6) is 5.75 Å². The number of benzene rings is 4. The van der Waals surface area contributed by atoms with Crippen molar-refractivity contribution in [1.82, 2.24) is 15.1 Å². The Balaban J connectivity index is 1.35. The first kappa shape index (κ1) is 39.1. The van der Waals surface area contributed by atoms with E-state index >= 15 is 0 Å². The summed E-state index contributed by atoms with van der Waals surface area (Å²) < 4.78 is 99.6. The van der Waals surface area contributed by atoms with Crippen molar-refractivity contribution >= 4 is 18.0 Å². The third kappa shape index (κ3) is 8.26. The van der Waals surface area contributed by atoms with Gasteiger partial charge in [-0.3, -0.25) is 14.6 Å². The molecule has 4 aromatic rings. The van der Waals surface area contributed by atoms with E-state index < -0.39 is 71.8 Å². The number of hydrogen-bond donors (Lipinski definition) is 1. The number of halogens is 6. The Morgan fingerprint density at radius 2 is 1.42 bits per heavy atom. The minimum absolute atomic E-state index is 0.00638. The average Bonchev–Trinajstić information content (AvgIpc) is 3.40. The lowest BCUT2D eigenvalue weighted by Crippen LogP contribution is -2.67. The van der Waals surface area contributed by atoms with Gasteiger partial charge >= 0.3 is 24.5 Å². The first-order valence-electron chi connectivity index (χ1n) is 17.3. The predicted molar refractivity (Wildman–Crippen MR) is 186 cm³/mol. The number of imide groups is 1. The summed E-state index contributed by atoms with van der Waals surface area (Å²) in [5.74, 6) is -0.00855. The lowest BCUT2D eigenvalue weighted by Gasteiger charge is -2.51. The van der Waals surface area contributed by atoms with Crippen LogP contribution in [0.15, 0.2) is 103 Å². The quantitative estimate of drug-likeness (QED) is 0.128. The van der Waals surface area contributed by atoms with Gasteiger partial charge in [0.25, 0.3) is 5.91 Å². The second-order valence-electron chi connectivity index (χ2n) is 13.6. The van der Waals surface area contributed by atoms with Gasteiger partial charge in [0, 0.05) is 0 Å². The van der Waals surface area contributed by atoms with Gasteiger partial charge in [0.05, 0.1) is 49.6 Å². The summed E-state index contributed by atoms with van der Waals surface area (Å²) in [4.78, 5) is 44.3. The van der Waals surface area contributed by atoms with Gasteiger partial charge in [0.1, 0.15) is 17.9 Å². The van der Waals surface area contributed by atoms with Gasteiger partial charge in [-0.2, -0.15) is 26.3 Å². The van der Waals surface area contributed by atoms with E-state index in [1.807, 2.05) is 0 Å². The third-order valence-electron chi connectivity index (χ3n) is 10.0. The molecular formula is C40H37F6N3O6. The van der Waals surface area contributed by atoms with Crippen molar-refractivity contribution in [3.63, 3.8) is 0 Å². The van der Waals surface area contributed by atoms with Crippen molar-refractivity contribution in [2.24, 2.45) is 0 Å². The number of rotatable bonds is 10. The van der Waals surface area contributed by atoms with Gasteiger partial charge in [0.2, 0.25) is 0 Å². The SMILES string of the molecule is COc1ccc(CN2C(=O)NC3(CC[C@@](CO[C@H](C)c4cc(C(F)(F)F)cc(C(F)(F)F)c4)(c4ccccc4)N(C(=O)OCc4ccccc4)C3)C2=O)cc1. The van der Waals surface area contributed by atoms with Gasteiger partial charge < -0.3 is 19.5 Å². The molecule has 0 radical (unpaired) electrons. The maximum atomic E-state index is 14.3. The zero-order valence-electron chi connectivity index (χ0n) is 29.7. The average molecular weight is 770 g/mol. The van der Waals surface area contributed by atoms with Gasteiger partial charge in [-0.05, 0) is 72.4 Å². The Morgan fingerprint density at radius 1 is 0.818 bits per heavy atom. The molecule has 15 heteroatoms. The highest BCUT2D eigenvalue weighted by Gasteiger charge is 2.60. The van der Waals surface area contributed by atoms with E-state index in [-0.39, 0.29) is 37.6 Å². The molecule has 2 aliphatic rings. The lowest BCUT2D eigenvalue weighted by molar-refractivity contribution is -0.143. The smallest absolute Gasteiger partial charge is 0.416 e. The van der Waals surface area contributed by atoms with Crippen molar-refractivity contribution in [2.45, 2.75) is 62.5 Å². The first-order valence-corrected chi connectivity index (χ1v) is 17.3. The number of likely N-dealkylation sites (tertiary alicyclic amines) is 1. The minimum Gasteiger partial charge on any atom is -0.497 e. The number of methoxy groups -OCH3 is 1. The number of amides is 4. The van der Waals surface area contributed by atoms with E-state index in [1.54, 1.807) is 84.9 Å². The highest BCUT2D eigenvalue weighted by Crippen LogP contribution is 2.45. The Bertz CT molecular complexity index is 1980. The van der Waals surface area contributed by atoms with Crippen molar-refractivity contribution in [3.05, 3.63) is 137 Å². The monoisotopic (exact) mass is 769 g/mol. The van der Waals surface area contributed by atoms with Gasteiger partial charge in [0.15, 0.2) is 0 Å². The lowest BCUT2D eigenvalue weighted by atomic mass is 9.74. The molecule has 1 N–H and O–H groups in total. The zero-order valence-corrected chi connectivity index (χ0v) is 29.7. The Labute approximate surface area is 312 Å². The summed E-state index contributed by atoms with van der Waals surface area (Å²) in [6.45, 7) is 0.257. The van der Waals surface area contributed by atoms with Crippen molar-refractivity contribution in [3.8, 4) is 5.75 Å². The van der Waals surface area contributed by atoms with Gasteiger partial charge in [-0.15, -0.1) is 0 Å². The summed E-state index contributed by atoms with van der Waals surface area (Å²) in [5, 5.41) is 2.80. The van der Waals surface area contributed by atoms with Crippen LogP contribution in [-0.4, -0.2) is 53.6 Å². The van der Waals surface area contributed by atoms with Crippen LogP contribution in [0, 0.1) is 0 Å². The van der Waals surface area contributed by atoms with E-state index in [4.69, 9.17) is 14.2 Å². The van der Waals surface area contributed by atoms with Crippen LogP contribution in [0.4, 0.5) is 35.9 Å². The van der Waals surface area contributed by atoms with E-state index in [9.17, 15) is 40.7 Å². The molecule has 0 aromatic heterocycles. The van der Waals surface area contributed by atoms with Crippen molar-refractivity contribution in [1.29, 1.82) is 0 Å². The number of alkyl halides is 6. The molecule has 55 heavy (non-hydrogen) atoms. The largest absolute Gasteiger partial charge is 0.497 e. The minimum atomic E-state index is -5.07. The zero-order chi connectivity index (χ0) is 39.6. The summed E-state index contributed by atoms with van der Waals surface area (Å²) in [5.41, 5.74) is -4.64. The molecule has 4 amide bonds. The number of urea groups is 1. The summed E-state index contributed by atoms with van der Waals surface area (Å²) in [6.07, 6.45) is -12.4. The third-order valence-corrected chi connectivity index (χ3v) is 10.0. The molecule has 2 fully saturated rings. The Kier molecular flexibility index (Phi) is 10.9. The van der Waals surface area contributed by atoms with Crippen molar-refractivity contribution < 1.29 is 54.9 Å². The molecular weight excluding hydrogens is 732 g/mol. The molecule has 3 atom stereocenters. The highest BCUT2D eigenvalue weighted by molar-refractivity contribution is 6.07. The van der Waals surface area contributed by atoms with Crippen LogP contribution in [-0.2, 0) is 45.3 Å². The Hall–Kier alpha value is -5.57. The molecule has 2 saturated heterocycles. The summed E-state index contributed by atoms with van der Waals surface area (Å²) >= 11 is 0. The molecule has 1 unspecified atom stereocenters. The topological polar surface area (TPSA) is 97.4 Å². The second-order valence-corrected chi connectivity index (χ2v) is 13.6. The number of piperidine rings is 1. The summed E-state index contributed by atoms with van der Waals surface area (Å²) in [6, 6.07) is 24.6.